The van der Waals surface area contributed by atoms with Crippen molar-refractivity contribution in [3.8, 4) is 28.5 Å². The molecule has 0 fully saturated rings. The number of carbonyl (C=O) groups excluding carboxylic acids is 1. The highest BCUT2D eigenvalue weighted by Crippen LogP contribution is 2.33. The molecular formula is C21H22N2O5S. The van der Waals surface area contributed by atoms with E-state index < -0.39 is 0 Å². The van der Waals surface area contributed by atoms with Crippen LogP contribution in [0.2, 0.25) is 0 Å². The maximum Gasteiger partial charge on any atom is 0.252 e. The van der Waals surface area contributed by atoms with Gasteiger partial charge in [0.2, 0.25) is 0 Å². The van der Waals surface area contributed by atoms with Crippen molar-refractivity contribution in [1.82, 2.24) is 4.98 Å². The van der Waals surface area contributed by atoms with Crippen LogP contribution in [-0.2, 0) is 9.53 Å². The Morgan fingerprint density at radius 3 is 2.59 bits per heavy atom. The molecule has 3 rings (SSSR count). The van der Waals surface area contributed by atoms with Gasteiger partial charge in [-0.2, -0.15) is 0 Å². The van der Waals surface area contributed by atoms with Gasteiger partial charge in [-0.3, -0.25) is 10.1 Å². The zero-order valence-corrected chi connectivity index (χ0v) is 17.0. The second-order valence-electron chi connectivity index (χ2n) is 5.87. The van der Waals surface area contributed by atoms with Crippen molar-refractivity contribution in [2.75, 3.05) is 39.4 Å². The van der Waals surface area contributed by atoms with Crippen molar-refractivity contribution in [2.45, 2.75) is 0 Å². The van der Waals surface area contributed by atoms with Gasteiger partial charge in [0, 0.05) is 10.9 Å². The van der Waals surface area contributed by atoms with Gasteiger partial charge in [-0.1, -0.05) is 18.2 Å². The number of methoxy groups -OCH3 is 2. The number of thiazole rings is 1. The van der Waals surface area contributed by atoms with Crippen molar-refractivity contribution in [2.24, 2.45) is 0 Å². The number of ether oxygens (including phenoxy) is 4. The molecule has 0 aliphatic carbocycles. The average Bonchev–Trinajstić information content (AvgIpc) is 3.22. The highest BCUT2D eigenvalue weighted by Gasteiger charge is 2.11. The van der Waals surface area contributed by atoms with Gasteiger partial charge in [-0.05, 0) is 30.3 Å². The Kier molecular flexibility index (Phi) is 7.43. The predicted octanol–water partition coefficient (Wildman–Crippen LogP) is 3.86. The van der Waals surface area contributed by atoms with E-state index in [0.29, 0.717) is 29.8 Å². The summed E-state index contributed by atoms with van der Waals surface area (Å²) in [7, 11) is 3.17. The smallest absolute Gasteiger partial charge is 0.252 e. The number of amides is 1. The van der Waals surface area contributed by atoms with Crippen molar-refractivity contribution >= 4 is 22.4 Å². The van der Waals surface area contributed by atoms with Gasteiger partial charge >= 0.3 is 0 Å². The molecule has 8 heteroatoms. The van der Waals surface area contributed by atoms with E-state index in [-0.39, 0.29) is 12.5 Å². The summed E-state index contributed by atoms with van der Waals surface area (Å²) in [4.78, 5) is 16.5. The molecule has 2 aromatic carbocycles. The Morgan fingerprint density at radius 2 is 1.83 bits per heavy atom. The largest absolute Gasteiger partial charge is 0.493 e. The van der Waals surface area contributed by atoms with Gasteiger partial charge in [0.15, 0.2) is 16.6 Å². The number of rotatable bonds is 10. The number of hydrogen-bond acceptors (Lipinski definition) is 7. The molecule has 1 amide bonds. The highest BCUT2D eigenvalue weighted by molar-refractivity contribution is 7.14. The predicted molar refractivity (Wildman–Crippen MR) is 112 cm³/mol. The standard InChI is InChI=1S/C21H22N2O5S/c1-25-18-9-8-15(12-19(18)26-2)17-14-29-21(22-17)23-20(24)13-27-10-11-28-16-6-4-3-5-7-16/h3-9,12,14H,10-11,13H2,1-2H3,(H,22,23,24). The third-order valence-corrected chi connectivity index (χ3v) is 4.66. The number of nitrogens with one attached hydrogen (secondary N) is 1. The molecule has 29 heavy (non-hydrogen) atoms. The molecule has 0 atom stereocenters. The molecule has 0 bridgehead atoms. The van der Waals surface area contributed by atoms with Crippen molar-refractivity contribution in [3.05, 3.63) is 53.9 Å². The van der Waals surface area contributed by atoms with Crippen LogP contribution in [0.25, 0.3) is 11.3 Å². The molecule has 0 spiro atoms. The molecule has 7 nitrogen and oxygen atoms in total. The van der Waals surface area contributed by atoms with Crippen molar-refractivity contribution in [3.63, 3.8) is 0 Å². The van der Waals surface area contributed by atoms with Crippen LogP contribution in [0.5, 0.6) is 17.2 Å². The fourth-order valence-electron chi connectivity index (χ4n) is 2.51. The first-order valence-corrected chi connectivity index (χ1v) is 9.81. The van der Waals surface area contributed by atoms with Crippen molar-refractivity contribution in [1.29, 1.82) is 0 Å². The van der Waals surface area contributed by atoms with Crippen LogP contribution in [0, 0.1) is 0 Å². The molecule has 0 saturated carbocycles. The van der Waals surface area contributed by atoms with Gasteiger partial charge in [0.1, 0.15) is 19.0 Å². The first-order chi connectivity index (χ1) is 14.2. The van der Waals surface area contributed by atoms with Crippen LogP contribution < -0.4 is 19.5 Å². The lowest BCUT2D eigenvalue weighted by molar-refractivity contribution is -0.120. The molecule has 1 aromatic heterocycles. The van der Waals surface area contributed by atoms with Gasteiger partial charge in [-0.25, -0.2) is 4.98 Å². The van der Waals surface area contributed by atoms with Crippen LogP contribution in [0.4, 0.5) is 5.13 Å². The maximum absolute atomic E-state index is 12.0. The average molecular weight is 414 g/mol. The molecule has 3 aromatic rings. The zero-order valence-electron chi connectivity index (χ0n) is 16.2. The Balaban J connectivity index is 1.45. The minimum Gasteiger partial charge on any atom is -0.493 e. The number of aromatic nitrogens is 1. The number of carbonyl (C=O) groups is 1. The number of para-hydroxylation sites is 1. The molecule has 0 saturated heterocycles. The minimum atomic E-state index is -0.266. The first-order valence-electron chi connectivity index (χ1n) is 8.93. The Morgan fingerprint density at radius 1 is 1.03 bits per heavy atom. The molecular weight excluding hydrogens is 392 g/mol. The summed E-state index contributed by atoms with van der Waals surface area (Å²) in [5.74, 6) is 1.77. The van der Waals surface area contributed by atoms with Gasteiger partial charge < -0.3 is 18.9 Å². The lowest BCUT2D eigenvalue weighted by atomic mass is 10.1. The van der Waals surface area contributed by atoms with Crippen molar-refractivity contribution < 1.29 is 23.7 Å². The molecule has 0 radical (unpaired) electrons. The van der Waals surface area contributed by atoms with E-state index in [0.717, 1.165) is 17.0 Å². The minimum absolute atomic E-state index is 0.0660. The van der Waals surface area contributed by atoms with E-state index in [1.165, 1.54) is 11.3 Å². The second-order valence-corrected chi connectivity index (χ2v) is 6.73. The SMILES string of the molecule is COc1ccc(-c2csc(NC(=O)COCCOc3ccccc3)n2)cc1OC. The van der Waals surface area contributed by atoms with E-state index in [2.05, 4.69) is 10.3 Å². The van der Waals surface area contributed by atoms with E-state index in [1.807, 2.05) is 53.9 Å². The highest BCUT2D eigenvalue weighted by atomic mass is 32.1. The van der Waals surface area contributed by atoms with Crippen LogP contribution in [0.3, 0.4) is 0 Å². The lowest BCUT2D eigenvalue weighted by Gasteiger charge is -2.08. The zero-order chi connectivity index (χ0) is 20.5. The Hall–Kier alpha value is -3.10. The quantitative estimate of drug-likeness (QED) is 0.508. The normalized spacial score (nSPS) is 10.4. The van der Waals surface area contributed by atoms with E-state index >= 15 is 0 Å². The molecule has 1 heterocycles. The van der Waals surface area contributed by atoms with Crippen LogP contribution in [-0.4, -0.2) is 44.9 Å². The fourth-order valence-corrected chi connectivity index (χ4v) is 3.25. The summed E-state index contributed by atoms with van der Waals surface area (Å²) in [5.41, 5.74) is 1.61. The Labute approximate surface area is 173 Å². The summed E-state index contributed by atoms with van der Waals surface area (Å²) in [5, 5.41) is 5.11. The summed E-state index contributed by atoms with van der Waals surface area (Å²) in [6, 6.07) is 15.0. The number of anilines is 1. The molecule has 0 unspecified atom stereocenters. The Bertz CT molecular complexity index is 930. The lowest BCUT2D eigenvalue weighted by Crippen LogP contribution is -2.20. The summed E-state index contributed by atoms with van der Waals surface area (Å²) >= 11 is 1.34. The van der Waals surface area contributed by atoms with Gasteiger partial charge in [0.05, 0.1) is 26.5 Å². The number of hydrogen-bond donors (Lipinski definition) is 1. The monoisotopic (exact) mass is 414 g/mol. The molecule has 0 aliphatic heterocycles. The van der Waals surface area contributed by atoms with E-state index in [4.69, 9.17) is 18.9 Å². The first kappa shape index (κ1) is 20.6. The van der Waals surface area contributed by atoms with Crippen LogP contribution in [0.1, 0.15) is 0 Å². The number of nitrogens with zero attached hydrogens (tertiary/aromatic N) is 1. The molecule has 152 valence electrons. The summed E-state index contributed by atoms with van der Waals surface area (Å²) in [6.07, 6.45) is 0. The van der Waals surface area contributed by atoms with Crippen LogP contribution in [0.15, 0.2) is 53.9 Å². The van der Waals surface area contributed by atoms with E-state index in [9.17, 15) is 4.79 Å². The van der Waals surface area contributed by atoms with E-state index in [1.54, 1.807) is 14.2 Å². The molecule has 1 N–H and O–H groups in total. The van der Waals surface area contributed by atoms with Gasteiger partial charge in [-0.15, -0.1) is 11.3 Å². The topological polar surface area (TPSA) is 78.9 Å². The molecule has 0 aliphatic rings. The third-order valence-electron chi connectivity index (χ3n) is 3.90. The summed E-state index contributed by atoms with van der Waals surface area (Å²) < 4.78 is 21.4. The third kappa shape index (κ3) is 5.94. The van der Waals surface area contributed by atoms with Crippen LogP contribution >= 0.6 is 11.3 Å². The maximum atomic E-state index is 12.0. The summed E-state index contributed by atoms with van der Waals surface area (Å²) in [6.45, 7) is 0.624. The van der Waals surface area contributed by atoms with Gasteiger partial charge in [0.25, 0.3) is 5.91 Å². The fraction of sp³-hybridized carbons (Fsp3) is 0.238. The number of benzene rings is 2. The second kappa shape index (κ2) is 10.4.